The molecule has 1 aliphatic carbocycles. The molecule has 0 aromatic heterocycles. The van der Waals surface area contributed by atoms with Crippen molar-refractivity contribution >= 4 is 0 Å². The normalized spacial score (nSPS) is 17.3. The highest BCUT2D eigenvalue weighted by atomic mass is 19.1. The summed E-state index contributed by atoms with van der Waals surface area (Å²) < 4.78 is 25.0. The average Bonchev–Trinajstić information content (AvgIpc) is 2.70. The van der Waals surface area contributed by atoms with Gasteiger partial charge in [0.15, 0.2) is 11.5 Å². The lowest BCUT2D eigenvalue weighted by Crippen LogP contribution is -2.21. The Morgan fingerprint density at radius 3 is 2.74 bits per heavy atom. The molecule has 0 saturated heterocycles. The lowest BCUT2D eigenvalue weighted by atomic mass is 9.82. The van der Waals surface area contributed by atoms with E-state index in [2.05, 4.69) is 25.1 Å². The summed E-state index contributed by atoms with van der Waals surface area (Å²) in [5.41, 5.74) is 10.1. The van der Waals surface area contributed by atoms with Crippen molar-refractivity contribution in [1.82, 2.24) is 0 Å². The number of fused-ring (bicyclic) bond motifs is 1. The molecule has 2 N–H and O–H groups in total. The van der Waals surface area contributed by atoms with E-state index < -0.39 is 5.82 Å². The number of halogens is 1. The van der Waals surface area contributed by atoms with E-state index in [0.29, 0.717) is 25.0 Å². The van der Waals surface area contributed by atoms with Crippen LogP contribution in [0.1, 0.15) is 48.8 Å². The molecule has 4 heteroatoms. The van der Waals surface area contributed by atoms with E-state index in [4.69, 9.17) is 15.2 Å². The van der Waals surface area contributed by atoms with Crippen LogP contribution in [0.15, 0.2) is 36.4 Å². The van der Waals surface area contributed by atoms with Gasteiger partial charge in [0.05, 0.1) is 13.7 Å². The topological polar surface area (TPSA) is 44.5 Å². The molecule has 27 heavy (non-hydrogen) atoms. The molecule has 2 unspecified atom stereocenters. The average molecular weight is 371 g/mol. The Kier molecular flexibility index (Phi) is 6.73. The second-order valence-corrected chi connectivity index (χ2v) is 7.44. The van der Waals surface area contributed by atoms with Gasteiger partial charge in [-0.05, 0) is 72.9 Å². The van der Waals surface area contributed by atoms with Crippen molar-refractivity contribution in [3.05, 3.63) is 58.9 Å². The molecule has 2 atom stereocenters. The summed E-state index contributed by atoms with van der Waals surface area (Å²) in [6, 6.07) is 11.8. The fourth-order valence-corrected chi connectivity index (χ4v) is 3.98. The van der Waals surface area contributed by atoms with E-state index >= 15 is 0 Å². The summed E-state index contributed by atoms with van der Waals surface area (Å²) in [4.78, 5) is 0. The summed E-state index contributed by atoms with van der Waals surface area (Å²) in [5, 5.41) is 0. The maximum atomic E-state index is 14.2. The van der Waals surface area contributed by atoms with Crippen LogP contribution in [0.2, 0.25) is 0 Å². The first-order valence-corrected chi connectivity index (χ1v) is 9.93. The van der Waals surface area contributed by atoms with E-state index in [-0.39, 0.29) is 11.5 Å². The third-order valence-electron chi connectivity index (χ3n) is 5.58. The lowest BCUT2D eigenvalue weighted by molar-refractivity contribution is 0.223. The fourth-order valence-electron chi connectivity index (χ4n) is 3.98. The Morgan fingerprint density at radius 1 is 1.19 bits per heavy atom. The van der Waals surface area contributed by atoms with Crippen LogP contribution in [0, 0.1) is 11.7 Å². The zero-order valence-electron chi connectivity index (χ0n) is 16.3. The van der Waals surface area contributed by atoms with Crippen LogP contribution < -0.4 is 15.2 Å². The quantitative estimate of drug-likeness (QED) is 0.721. The van der Waals surface area contributed by atoms with Crippen molar-refractivity contribution in [1.29, 1.82) is 0 Å². The maximum absolute atomic E-state index is 14.2. The lowest BCUT2D eigenvalue weighted by Gasteiger charge is -2.26. The predicted molar refractivity (Wildman–Crippen MR) is 107 cm³/mol. The number of ether oxygens (including phenoxy) is 2. The molecular formula is C23H30FNO2. The van der Waals surface area contributed by atoms with Crippen molar-refractivity contribution in [3.8, 4) is 11.5 Å². The summed E-state index contributed by atoms with van der Waals surface area (Å²) in [6.45, 7) is 3.43. The Hall–Kier alpha value is -2.07. The first-order valence-electron chi connectivity index (χ1n) is 9.93. The van der Waals surface area contributed by atoms with Crippen molar-refractivity contribution in [2.24, 2.45) is 11.7 Å². The minimum absolute atomic E-state index is 0.218. The molecule has 3 rings (SSSR count). The summed E-state index contributed by atoms with van der Waals surface area (Å²) in [7, 11) is 1.46. The van der Waals surface area contributed by atoms with E-state index in [1.807, 2.05) is 0 Å². The molecule has 0 amide bonds. The van der Waals surface area contributed by atoms with Gasteiger partial charge >= 0.3 is 0 Å². The molecule has 0 saturated carbocycles. The van der Waals surface area contributed by atoms with Crippen molar-refractivity contribution in [2.75, 3.05) is 20.3 Å². The zero-order chi connectivity index (χ0) is 19.2. The number of hydrogen-bond donors (Lipinski definition) is 1. The van der Waals surface area contributed by atoms with Gasteiger partial charge in [0.1, 0.15) is 0 Å². The number of nitrogens with two attached hydrogens (primary N) is 1. The van der Waals surface area contributed by atoms with Crippen molar-refractivity contribution in [2.45, 2.75) is 44.9 Å². The third kappa shape index (κ3) is 4.62. The van der Waals surface area contributed by atoms with Crippen molar-refractivity contribution < 1.29 is 13.9 Å². The summed E-state index contributed by atoms with van der Waals surface area (Å²) >= 11 is 0. The van der Waals surface area contributed by atoms with Crippen molar-refractivity contribution in [3.63, 3.8) is 0 Å². The number of aryl methyl sites for hydroxylation is 1. The van der Waals surface area contributed by atoms with Gasteiger partial charge in [-0.1, -0.05) is 37.6 Å². The summed E-state index contributed by atoms with van der Waals surface area (Å²) in [6.07, 6.45) is 5.36. The molecule has 1 aliphatic rings. The number of rotatable bonds is 8. The Bertz CT molecular complexity index is 762. The molecule has 146 valence electrons. The second-order valence-electron chi connectivity index (χ2n) is 7.44. The first kappa shape index (κ1) is 19.7. The monoisotopic (exact) mass is 371 g/mol. The molecule has 2 aromatic rings. The van der Waals surface area contributed by atoms with E-state index in [9.17, 15) is 4.39 Å². The zero-order valence-corrected chi connectivity index (χ0v) is 16.3. The number of methoxy groups -OCH3 is 1. The first-order chi connectivity index (χ1) is 13.2. The fraction of sp³-hybridized carbons (Fsp3) is 0.478. The Morgan fingerprint density at radius 2 is 2.00 bits per heavy atom. The number of hydrogen-bond acceptors (Lipinski definition) is 3. The molecule has 0 spiro atoms. The van der Waals surface area contributed by atoms with E-state index in [1.54, 1.807) is 18.2 Å². The van der Waals surface area contributed by atoms with Crippen LogP contribution in [-0.4, -0.2) is 20.3 Å². The largest absolute Gasteiger partial charge is 0.494 e. The minimum atomic E-state index is -0.426. The highest BCUT2D eigenvalue weighted by Crippen LogP contribution is 2.31. The highest BCUT2D eigenvalue weighted by Gasteiger charge is 2.21. The highest BCUT2D eigenvalue weighted by molar-refractivity contribution is 5.37. The van der Waals surface area contributed by atoms with Gasteiger partial charge in [-0.3, -0.25) is 0 Å². The number of benzene rings is 2. The van der Waals surface area contributed by atoms with Crippen LogP contribution in [0.3, 0.4) is 0 Å². The standard InChI is InChI=1S/C23H30FNO2/c1-3-5-20(14-25)19-11-10-17-12-16(8-9-18(17)13-19)15-27-22-7-4-6-21(26-2)23(22)24/h4,6-7,10-11,13,16,20H,3,5,8-9,12,14-15,25H2,1-2H3. The molecule has 0 aliphatic heterocycles. The van der Waals surface area contributed by atoms with Gasteiger partial charge in [-0.15, -0.1) is 0 Å². The summed E-state index contributed by atoms with van der Waals surface area (Å²) in [5.74, 6) is 0.910. The molecule has 3 nitrogen and oxygen atoms in total. The van der Waals surface area contributed by atoms with Gasteiger partial charge in [-0.25, -0.2) is 0 Å². The molecule has 0 heterocycles. The molecule has 0 fully saturated rings. The van der Waals surface area contributed by atoms with Gasteiger partial charge in [0.2, 0.25) is 5.82 Å². The van der Waals surface area contributed by atoms with Gasteiger partial charge in [0, 0.05) is 0 Å². The van der Waals surface area contributed by atoms with Crippen LogP contribution in [0.5, 0.6) is 11.5 Å². The van der Waals surface area contributed by atoms with Gasteiger partial charge in [-0.2, -0.15) is 4.39 Å². The predicted octanol–water partition coefficient (Wildman–Crippen LogP) is 4.86. The molecular weight excluding hydrogens is 341 g/mol. The van der Waals surface area contributed by atoms with Gasteiger partial charge in [0.25, 0.3) is 0 Å². The molecule has 0 bridgehead atoms. The Balaban J connectivity index is 1.63. The second kappa shape index (κ2) is 9.23. The minimum Gasteiger partial charge on any atom is -0.494 e. The molecule has 0 radical (unpaired) electrons. The SMILES string of the molecule is CCCC(CN)c1ccc2c(c1)CCC(COc1cccc(OC)c1F)C2. The van der Waals surface area contributed by atoms with Crippen LogP contribution in [-0.2, 0) is 12.8 Å². The third-order valence-corrected chi connectivity index (χ3v) is 5.58. The maximum Gasteiger partial charge on any atom is 0.206 e. The van der Waals surface area contributed by atoms with E-state index in [1.165, 1.54) is 23.8 Å². The smallest absolute Gasteiger partial charge is 0.206 e. The van der Waals surface area contributed by atoms with Crippen LogP contribution in [0.4, 0.5) is 4.39 Å². The van der Waals surface area contributed by atoms with Crippen LogP contribution in [0.25, 0.3) is 0 Å². The molecule has 2 aromatic carbocycles. The Labute approximate surface area is 161 Å². The van der Waals surface area contributed by atoms with E-state index in [0.717, 1.165) is 32.1 Å². The van der Waals surface area contributed by atoms with Gasteiger partial charge < -0.3 is 15.2 Å². The van der Waals surface area contributed by atoms with Crippen LogP contribution >= 0.6 is 0 Å².